The number of aliphatic hydroxyl groups is 2. The molecule has 1 aromatic rings. The van der Waals surface area contributed by atoms with Crippen molar-refractivity contribution in [3.8, 4) is 0 Å². The monoisotopic (exact) mass is 274 g/mol. The molecule has 2 unspecified atom stereocenters. The number of nitrogens with zero attached hydrogens (tertiary/aromatic N) is 1. The largest absolute Gasteiger partial charge is 0.390 e. The van der Waals surface area contributed by atoms with E-state index in [4.69, 9.17) is 17.3 Å². The second-order valence-electron chi connectivity index (χ2n) is 3.65. The number of amides is 1. The smallest absolute Gasteiger partial charge is 0.269 e. The molecule has 0 saturated heterocycles. The molecule has 0 bridgehead atoms. The van der Waals surface area contributed by atoms with Crippen molar-refractivity contribution in [2.75, 3.05) is 0 Å². The van der Waals surface area contributed by atoms with Crippen molar-refractivity contribution in [1.82, 2.24) is 0 Å². The molecule has 0 aromatic heterocycles. The molecule has 0 aliphatic heterocycles. The molecule has 98 valence electrons. The summed E-state index contributed by atoms with van der Waals surface area (Å²) >= 11 is 5.77. The number of carbonyl (C=O) groups excluding carboxylic acids is 1. The molecule has 7 nitrogen and oxygen atoms in total. The van der Waals surface area contributed by atoms with Crippen molar-refractivity contribution in [2.45, 2.75) is 18.6 Å². The summed E-state index contributed by atoms with van der Waals surface area (Å²) in [4.78, 5) is 20.5. The summed E-state index contributed by atoms with van der Waals surface area (Å²) in [6.45, 7) is 0. The lowest BCUT2D eigenvalue weighted by molar-refractivity contribution is -0.385. The fraction of sp³-hybridized carbons (Fsp3) is 0.300. The molecule has 0 radical (unpaired) electrons. The van der Waals surface area contributed by atoms with Crippen LogP contribution in [0.15, 0.2) is 18.2 Å². The van der Waals surface area contributed by atoms with Crippen molar-refractivity contribution in [1.29, 1.82) is 0 Å². The first kappa shape index (κ1) is 14.4. The minimum atomic E-state index is -1.52. The molecule has 0 spiro atoms. The molecule has 0 aliphatic rings. The van der Waals surface area contributed by atoms with E-state index in [1.807, 2.05) is 0 Å². The molecular formula is C10H11ClN2O5. The third-order valence-corrected chi connectivity index (χ3v) is 2.63. The predicted octanol–water partition coefficient (Wildman–Crippen LogP) is 0.518. The van der Waals surface area contributed by atoms with E-state index < -0.39 is 29.5 Å². The maximum atomic E-state index is 10.6. The van der Waals surface area contributed by atoms with Crippen LogP contribution in [0.5, 0.6) is 0 Å². The van der Waals surface area contributed by atoms with Gasteiger partial charge in [-0.1, -0.05) is 11.6 Å². The Morgan fingerprint density at radius 2 is 2.11 bits per heavy atom. The Labute approximate surface area is 107 Å². The van der Waals surface area contributed by atoms with Gasteiger partial charge in [-0.2, -0.15) is 0 Å². The maximum Gasteiger partial charge on any atom is 0.269 e. The zero-order chi connectivity index (χ0) is 13.9. The van der Waals surface area contributed by atoms with Gasteiger partial charge in [-0.25, -0.2) is 0 Å². The molecule has 0 fully saturated rings. The first-order valence-electron chi connectivity index (χ1n) is 4.91. The minimum absolute atomic E-state index is 0.0281. The number of hydrogen-bond acceptors (Lipinski definition) is 5. The summed E-state index contributed by atoms with van der Waals surface area (Å²) in [5.41, 5.74) is 4.57. The second kappa shape index (κ2) is 5.76. The summed E-state index contributed by atoms with van der Waals surface area (Å²) in [7, 11) is 0. The van der Waals surface area contributed by atoms with Gasteiger partial charge in [-0.3, -0.25) is 14.9 Å². The lowest BCUT2D eigenvalue weighted by Gasteiger charge is -2.17. The van der Waals surface area contributed by atoms with Crippen LogP contribution in [0.3, 0.4) is 0 Å². The number of nitro groups is 1. The number of nitro benzene ring substituents is 1. The zero-order valence-electron chi connectivity index (χ0n) is 9.12. The van der Waals surface area contributed by atoms with Crippen LogP contribution in [0.2, 0.25) is 5.02 Å². The molecular weight excluding hydrogens is 264 g/mol. The van der Waals surface area contributed by atoms with Crippen LogP contribution < -0.4 is 5.73 Å². The molecule has 18 heavy (non-hydrogen) atoms. The van der Waals surface area contributed by atoms with E-state index in [-0.39, 0.29) is 16.3 Å². The summed E-state index contributed by atoms with van der Waals surface area (Å²) in [5.74, 6) is -0.803. The van der Waals surface area contributed by atoms with E-state index in [0.717, 1.165) is 6.07 Å². The Bertz CT molecular complexity index is 479. The molecule has 8 heteroatoms. The lowest BCUT2D eigenvalue weighted by Crippen LogP contribution is -2.25. The predicted molar refractivity (Wildman–Crippen MR) is 62.9 cm³/mol. The topological polar surface area (TPSA) is 127 Å². The van der Waals surface area contributed by atoms with Crippen LogP contribution in [0.25, 0.3) is 0 Å². The Hall–Kier alpha value is -1.70. The van der Waals surface area contributed by atoms with Crippen LogP contribution >= 0.6 is 11.6 Å². The number of carbonyl (C=O) groups is 1. The van der Waals surface area contributed by atoms with E-state index in [1.54, 1.807) is 0 Å². The van der Waals surface area contributed by atoms with E-state index in [9.17, 15) is 25.1 Å². The van der Waals surface area contributed by atoms with Gasteiger partial charge in [-0.05, 0) is 6.07 Å². The number of primary amides is 1. The Morgan fingerprint density at radius 1 is 1.50 bits per heavy atom. The summed E-state index contributed by atoms with van der Waals surface area (Å²) in [5, 5.41) is 29.9. The van der Waals surface area contributed by atoms with E-state index in [2.05, 4.69) is 0 Å². The van der Waals surface area contributed by atoms with Gasteiger partial charge in [0, 0.05) is 22.7 Å². The van der Waals surface area contributed by atoms with Crippen LogP contribution in [0, 0.1) is 10.1 Å². The Morgan fingerprint density at radius 3 is 2.61 bits per heavy atom. The van der Waals surface area contributed by atoms with Gasteiger partial charge < -0.3 is 15.9 Å². The summed E-state index contributed by atoms with van der Waals surface area (Å²) in [6, 6.07) is 3.44. The number of halogens is 1. The third-order valence-electron chi connectivity index (χ3n) is 2.28. The highest BCUT2D eigenvalue weighted by Gasteiger charge is 2.24. The van der Waals surface area contributed by atoms with Gasteiger partial charge in [0.15, 0.2) is 0 Å². The molecule has 0 saturated carbocycles. The van der Waals surface area contributed by atoms with Crippen LogP contribution in [-0.4, -0.2) is 27.1 Å². The minimum Gasteiger partial charge on any atom is -0.390 e. The van der Waals surface area contributed by atoms with Gasteiger partial charge in [0.25, 0.3) is 5.69 Å². The number of nitrogens with two attached hydrogens (primary N) is 1. The van der Waals surface area contributed by atoms with E-state index in [1.165, 1.54) is 12.1 Å². The molecule has 1 aromatic carbocycles. The Kier molecular flexibility index (Phi) is 4.60. The molecule has 0 heterocycles. The highest BCUT2D eigenvalue weighted by atomic mass is 35.5. The van der Waals surface area contributed by atoms with Crippen molar-refractivity contribution in [2.24, 2.45) is 5.73 Å². The average Bonchev–Trinajstić information content (AvgIpc) is 2.27. The highest BCUT2D eigenvalue weighted by molar-refractivity contribution is 6.31. The van der Waals surface area contributed by atoms with Crippen molar-refractivity contribution < 1.29 is 19.9 Å². The van der Waals surface area contributed by atoms with E-state index in [0.29, 0.717) is 0 Å². The third kappa shape index (κ3) is 3.39. The Balaban J connectivity index is 3.03. The normalized spacial score (nSPS) is 13.9. The number of non-ortho nitro benzene ring substituents is 1. The standard InChI is InChI=1S/C10H11ClN2O5/c11-7-2-1-5(13(17)18)3-6(7)10(16)8(14)4-9(12)15/h1-3,8,10,14,16H,4H2,(H2,12,15). The van der Waals surface area contributed by atoms with Crippen molar-refractivity contribution >= 4 is 23.2 Å². The lowest BCUT2D eigenvalue weighted by atomic mass is 10.0. The van der Waals surface area contributed by atoms with Gasteiger partial charge in [-0.15, -0.1) is 0 Å². The maximum absolute atomic E-state index is 10.6. The number of rotatable bonds is 5. The van der Waals surface area contributed by atoms with Crippen LogP contribution in [0.1, 0.15) is 18.1 Å². The summed E-state index contributed by atoms with van der Waals surface area (Å²) in [6.07, 6.45) is -3.47. The van der Waals surface area contributed by atoms with Gasteiger partial charge >= 0.3 is 0 Å². The van der Waals surface area contributed by atoms with Gasteiger partial charge in [0.1, 0.15) is 6.10 Å². The number of hydrogen-bond donors (Lipinski definition) is 3. The quantitative estimate of drug-likeness (QED) is 0.533. The number of benzene rings is 1. The fourth-order valence-electron chi connectivity index (χ4n) is 1.40. The molecule has 1 rings (SSSR count). The molecule has 0 aliphatic carbocycles. The molecule has 4 N–H and O–H groups in total. The van der Waals surface area contributed by atoms with Crippen molar-refractivity contribution in [3.05, 3.63) is 38.9 Å². The first-order valence-corrected chi connectivity index (χ1v) is 5.29. The van der Waals surface area contributed by atoms with Crippen LogP contribution in [-0.2, 0) is 4.79 Å². The molecule has 1 amide bonds. The summed E-state index contributed by atoms with van der Waals surface area (Å²) < 4.78 is 0. The van der Waals surface area contributed by atoms with Gasteiger partial charge in [0.05, 0.1) is 17.4 Å². The first-order chi connectivity index (χ1) is 8.32. The zero-order valence-corrected chi connectivity index (χ0v) is 9.87. The second-order valence-corrected chi connectivity index (χ2v) is 4.05. The average molecular weight is 275 g/mol. The van der Waals surface area contributed by atoms with Gasteiger partial charge in [0.2, 0.25) is 5.91 Å². The highest BCUT2D eigenvalue weighted by Crippen LogP contribution is 2.29. The molecule has 2 atom stereocenters. The van der Waals surface area contributed by atoms with E-state index >= 15 is 0 Å². The number of aliphatic hydroxyl groups excluding tert-OH is 2. The van der Waals surface area contributed by atoms with Crippen molar-refractivity contribution in [3.63, 3.8) is 0 Å². The van der Waals surface area contributed by atoms with Crippen LogP contribution in [0.4, 0.5) is 5.69 Å². The fourth-order valence-corrected chi connectivity index (χ4v) is 1.63. The SMILES string of the molecule is NC(=O)CC(O)C(O)c1cc([N+](=O)[O-])ccc1Cl.